The van der Waals surface area contributed by atoms with Crippen molar-refractivity contribution in [3.63, 3.8) is 0 Å². The van der Waals surface area contributed by atoms with Crippen molar-refractivity contribution in [3.05, 3.63) is 70.4 Å². The molecule has 0 saturated carbocycles. The van der Waals surface area contributed by atoms with Crippen molar-refractivity contribution >= 4 is 40.1 Å². The summed E-state index contributed by atoms with van der Waals surface area (Å²) in [7, 11) is 1.46. The minimum Gasteiger partial charge on any atom is -0.462 e. The lowest BCUT2D eigenvalue weighted by atomic mass is 10.1. The van der Waals surface area contributed by atoms with Gasteiger partial charge in [0.15, 0.2) is 6.61 Å². The Bertz CT molecular complexity index is 1240. The maximum Gasteiger partial charge on any atom is 0.342 e. The van der Waals surface area contributed by atoms with Crippen LogP contribution in [0.2, 0.25) is 0 Å². The third kappa shape index (κ3) is 6.21. The Morgan fingerprint density at radius 2 is 1.80 bits per heavy atom. The summed E-state index contributed by atoms with van der Waals surface area (Å²) < 4.78 is 15.9. The Morgan fingerprint density at radius 3 is 2.49 bits per heavy atom. The van der Waals surface area contributed by atoms with Crippen LogP contribution in [0.5, 0.6) is 11.5 Å². The molecule has 0 radical (unpaired) electrons. The second-order valence-electron chi connectivity index (χ2n) is 6.97. The molecular formula is C24H23N3O7S. The average molecular weight is 498 g/mol. The molecule has 2 aromatic heterocycles. The van der Waals surface area contributed by atoms with Crippen molar-refractivity contribution in [3.8, 4) is 11.5 Å². The van der Waals surface area contributed by atoms with Gasteiger partial charge in [-0.3, -0.25) is 14.6 Å². The first kappa shape index (κ1) is 25.4. The molecular weight excluding hydrogens is 474 g/mol. The monoisotopic (exact) mass is 497 g/mol. The van der Waals surface area contributed by atoms with Gasteiger partial charge in [0.25, 0.3) is 11.8 Å². The standard InChI is InChI=1S/C24H23N3O7S/c1-4-32-24(31)19-14(2)20(21(29)25-3)35-22(19)27-18(28)13-33-23(30)16-9-5-6-10-17(16)34-15-8-7-11-26-12-15/h5-12H,4,13H2,1-3H3,(H,25,29)(H,27,28). The van der Waals surface area contributed by atoms with Crippen LogP contribution in [-0.4, -0.2) is 49.0 Å². The second kappa shape index (κ2) is 11.7. The lowest BCUT2D eigenvalue weighted by Crippen LogP contribution is -2.22. The molecule has 0 atom stereocenters. The molecule has 10 nitrogen and oxygen atoms in total. The number of carbonyl (C=O) groups is 4. The summed E-state index contributed by atoms with van der Waals surface area (Å²) in [5.74, 6) is -1.89. The van der Waals surface area contributed by atoms with Crippen LogP contribution < -0.4 is 15.4 Å². The van der Waals surface area contributed by atoms with E-state index in [-0.39, 0.29) is 33.4 Å². The van der Waals surface area contributed by atoms with Crippen molar-refractivity contribution in [2.75, 3.05) is 25.6 Å². The van der Waals surface area contributed by atoms with Gasteiger partial charge >= 0.3 is 11.9 Å². The summed E-state index contributed by atoms with van der Waals surface area (Å²) >= 11 is 0.924. The zero-order chi connectivity index (χ0) is 25.4. The third-order valence-corrected chi connectivity index (χ3v) is 5.82. The SMILES string of the molecule is CCOC(=O)c1c(NC(=O)COC(=O)c2ccccc2Oc2cccnc2)sc(C(=O)NC)c1C. The largest absolute Gasteiger partial charge is 0.462 e. The number of anilines is 1. The zero-order valence-corrected chi connectivity index (χ0v) is 20.1. The number of para-hydroxylation sites is 1. The number of carbonyl (C=O) groups excluding carboxylic acids is 4. The molecule has 11 heteroatoms. The molecule has 35 heavy (non-hydrogen) atoms. The molecule has 0 aliphatic rings. The predicted octanol–water partition coefficient (Wildman–Crippen LogP) is 3.58. The first-order valence-corrected chi connectivity index (χ1v) is 11.3. The summed E-state index contributed by atoms with van der Waals surface area (Å²) in [6.07, 6.45) is 3.08. The van der Waals surface area contributed by atoms with Crippen LogP contribution in [0.1, 0.15) is 42.9 Å². The predicted molar refractivity (Wildman–Crippen MR) is 128 cm³/mol. The number of hydrogen-bond acceptors (Lipinski definition) is 9. The van der Waals surface area contributed by atoms with Gasteiger partial charge in [0.1, 0.15) is 22.1 Å². The van der Waals surface area contributed by atoms with E-state index in [2.05, 4.69) is 15.6 Å². The Morgan fingerprint density at radius 1 is 1.03 bits per heavy atom. The molecule has 2 heterocycles. The molecule has 1 aromatic carbocycles. The van der Waals surface area contributed by atoms with Crippen molar-refractivity contribution in [2.24, 2.45) is 0 Å². The molecule has 2 amide bonds. The van der Waals surface area contributed by atoms with E-state index < -0.39 is 30.4 Å². The van der Waals surface area contributed by atoms with Gasteiger partial charge in [0.2, 0.25) is 0 Å². The molecule has 0 bridgehead atoms. The van der Waals surface area contributed by atoms with Gasteiger partial charge in [-0.15, -0.1) is 11.3 Å². The molecule has 0 fully saturated rings. The van der Waals surface area contributed by atoms with Crippen LogP contribution in [0.15, 0.2) is 48.8 Å². The Balaban J connectivity index is 1.72. The van der Waals surface area contributed by atoms with Gasteiger partial charge < -0.3 is 24.8 Å². The molecule has 182 valence electrons. The van der Waals surface area contributed by atoms with Crippen LogP contribution >= 0.6 is 11.3 Å². The highest BCUT2D eigenvalue weighted by Crippen LogP contribution is 2.34. The maximum absolute atomic E-state index is 12.6. The van der Waals surface area contributed by atoms with E-state index in [0.29, 0.717) is 11.3 Å². The summed E-state index contributed by atoms with van der Waals surface area (Å²) in [5.41, 5.74) is 0.567. The number of rotatable bonds is 9. The molecule has 0 unspecified atom stereocenters. The molecule has 0 aliphatic heterocycles. The maximum atomic E-state index is 12.6. The highest BCUT2D eigenvalue weighted by Gasteiger charge is 2.26. The van der Waals surface area contributed by atoms with Crippen LogP contribution in [0, 0.1) is 6.92 Å². The number of esters is 2. The van der Waals surface area contributed by atoms with Crippen LogP contribution in [-0.2, 0) is 14.3 Å². The summed E-state index contributed by atoms with van der Waals surface area (Å²) in [5, 5.41) is 5.15. The second-order valence-corrected chi connectivity index (χ2v) is 7.99. The Labute approximate surface area is 205 Å². The number of amides is 2. The Hall–Kier alpha value is -4.25. The van der Waals surface area contributed by atoms with E-state index in [1.54, 1.807) is 50.4 Å². The Kier molecular flexibility index (Phi) is 8.52. The molecule has 3 aromatic rings. The number of nitrogens with zero attached hydrogens (tertiary/aromatic N) is 1. The summed E-state index contributed by atoms with van der Waals surface area (Å²) in [4.78, 5) is 54.0. The first-order chi connectivity index (χ1) is 16.8. The fourth-order valence-corrected chi connectivity index (χ4v) is 4.17. The van der Waals surface area contributed by atoms with Crippen molar-refractivity contribution in [1.82, 2.24) is 10.3 Å². The average Bonchev–Trinajstić information content (AvgIpc) is 3.18. The number of aromatic nitrogens is 1. The molecule has 2 N–H and O–H groups in total. The van der Waals surface area contributed by atoms with E-state index in [1.807, 2.05) is 0 Å². The van der Waals surface area contributed by atoms with E-state index in [9.17, 15) is 19.2 Å². The van der Waals surface area contributed by atoms with Crippen LogP contribution in [0.4, 0.5) is 5.00 Å². The van der Waals surface area contributed by atoms with Crippen LogP contribution in [0.25, 0.3) is 0 Å². The van der Waals surface area contributed by atoms with E-state index in [0.717, 1.165) is 11.3 Å². The number of hydrogen-bond donors (Lipinski definition) is 2. The van der Waals surface area contributed by atoms with E-state index in [1.165, 1.54) is 19.3 Å². The third-order valence-electron chi connectivity index (χ3n) is 4.62. The van der Waals surface area contributed by atoms with Crippen molar-refractivity contribution < 1.29 is 33.4 Å². The van der Waals surface area contributed by atoms with Gasteiger partial charge in [0.05, 0.1) is 23.2 Å². The highest BCUT2D eigenvalue weighted by molar-refractivity contribution is 7.18. The van der Waals surface area contributed by atoms with Gasteiger partial charge in [0, 0.05) is 13.2 Å². The fourth-order valence-electron chi connectivity index (χ4n) is 3.01. The van der Waals surface area contributed by atoms with Crippen LogP contribution in [0.3, 0.4) is 0 Å². The van der Waals surface area contributed by atoms with Gasteiger partial charge in [-0.05, 0) is 43.7 Å². The highest BCUT2D eigenvalue weighted by atomic mass is 32.1. The molecule has 3 rings (SSSR count). The number of pyridine rings is 1. The van der Waals surface area contributed by atoms with Crippen molar-refractivity contribution in [1.29, 1.82) is 0 Å². The minimum absolute atomic E-state index is 0.0744. The molecule has 0 spiro atoms. The number of thiophene rings is 1. The van der Waals surface area contributed by atoms with Gasteiger partial charge in [-0.25, -0.2) is 9.59 Å². The lowest BCUT2D eigenvalue weighted by Gasteiger charge is -2.11. The smallest absolute Gasteiger partial charge is 0.342 e. The van der Waals surface area contributed by atoms with Gasteiger partial charge in [-0.2, -0.15) is 0 Å². The molecule has 0 saturated heterocycles. The van der Waals surface area contributed by atoms with E-state index in [4.69, 9.17) is 14.2 Å². The van der Waals surface area contributed by atoms with Gasteiger partial charge in [-0.1, -0.05) is 12.1 Å². The van der Waals surface area contributed by atoms with Crippen molar-refractivity contribution in [2.45, 2.75) is 13.8 Å². The number of benzene rings is 1. The number of ether oxygens (including phenoxy) is 3. The normalized spacial score (nSPS) is 10.3. The topological polar surface area (TPSA) is 133 Å². The quantitative estimate of drug-likeness (QED) is 0.429. The van der Waals surface area contributed by atoms with E-state index >= 15 is 0 Å². The fraction of sp³-hybridized carbons (Fsp3) is 0.208. The lowest BCUT2D eigenvalue weighted by molar-refractivity contribution is -0.119. The summed E-state index contributed by atoms with van der Waals surface area (Å²) in [6.45, 7) is 2.72. The number of nitrogens with one attached hydrogen (secondary N) is 2. The summed E-state index contributed by atoms with van der Waals surface area (Å²) in [6, 6.07) is 9.78. The minimum atomic E-state index is -0.779. The zero-order valence-electron chi connectivity index (χ0n) is 19.2. The first-order valence-electron chi connectivity index (χ1n) is 10.5. The molecule has 0 aliphatic carbocycles.